The number of hydrogen-bond acceptors (Lipinski definition) is 10. The highest BCUT2D eigenvalue weighted by molar-refractivity contribution is 7.90. The monoisotopic (exact) mass is 535 g/mol. The third-order valence-electron chi connectivity index (χ3n) is 6.59. The van der Waals surface area contributed by atoms with Crippen molar-refractivity contribution in [2.75, 3.05) is 68.6 Å². The van der Waals surface area contributed by atoms with Crippen molar-refractivity contribution in [1.29, 1.82) is 0 Å². The van der Waals surface area contributed by atoms with Gasteiger partial charge in [0.15, 0.2) is 0 Å². The molecule has 2 aromatic rings. The number of anilines is 2. The smallest absolute Gasteiger partial charge is 0.348 e. The van der Waals surface area contributed by atoms with Crippen LogP contribution in [0.3, 0.4) is 0 Å². The summed E-state index contributed by atoms with van der Waals surface area (Å²) in [5.41, 5.74) is 0.654. The number of benzene rings is 1. The maximum Gasteiger partial charge on any atom is 0.348 e. The number of hydrogen-bond donors (Lipinski definition) is 2. The fourth-order valence-electron chi connectivity index (χ4n) is 4.56. The number of amides is 2. The predicted octanol–water partition coefficient (Wildman–Crippen LogP) is 0.605. The fraction of sp³-hybridized carbons (Fsp3) is 0.583. The lowest BCUT2D eigenvalue weighted by molar-refractivity contribution is -0.131. The molecule has 0 aliphatic carbocycles. The number of ether oxygens (including phenoxy) is 1. The van der Waals surface area contributed by atoms with Crippen LogP contribution in [-0.2, 0) is 24.2 Å². The van der Waals surface area contributed by atoms with Crippen LogP contribution in [0, 0.1) is 6.92 Å². The number of rotatable bonds is 9. The maximum absolute atomic E-state index is 13.0. The minimum atomic E-state index is -3.31. The molecule has 2 N–H and O–H groups in total. The Morgan fingerprint density at radius 3 is 2.51 bits per heavy atom. The first kappa shape index (κ1) is 27.0. The molecule has 2 amide bonds. The second-order valence-electron chi connectivity index (χ2n) is 9.52. The van der Waals surface area contributed by atoms with Gasteiger partial charge in [0.25, 0.3) is 6.01 Å². The van der Waals surface area contributed by atoms with Crippen LogP contribution in [-0.4, -0.2) is 99.0 Å². The van der Waals surface area contributed by atoms with Crippen molar-refractivity contribution in [3.63, 3.8) is 0 Å². The zero-order chi connectivity index (χ0) is 26.6. The molecule has 1 aromatic heterocycles. The molecule has 2 aliphatic rings. The Labute approximate surface area is 215 Å². The number of carbonyl (C=O) groups is 2. The number of nitrogens with zero attached hydrogens (tertiary/aromatic N) is 3. The lowest BCUT2D eigenvalue weighted by Gasteiger charge is -2.26. The van der Waals surface area contributed by atoms with Gasteiger partial charge in [0.1, 0.15) is 15.9 Å². The van der Waals surface area contributed by atoms with E-state index in [-0.39, 0.29) is 41.9 Å². The summed E-state index contributed by atoms with van der Waals surface area (Å²) in [6.45, 7) is 5.65. The number of sulfone groups is 1. The van der Waals surface area contributed by atoms with Gasteiger partial charge in [0, 0.05) is 38.1 Å². The highest BCUT2D eigenvalue weighted by Crippen LogP contribution is 2.24. The number of aryl methyl sites for hydroxylation is 1. The molecule has 0 bridgehead atoms. The second-order valence-corrected chi connectivity index (χ2v) is 11.8. The summed E-state index contributed by atoms with van der Waals surface area (Å²) in [6, 6.07) is 2.21. The quantitative estimate of drug-likeness (QED) is 0.467. The first-order valence-electron chi connectivity index (χ1n) is 12.4. The van der Waals surface area contributed by atoms with Gasteiger partial charge >= 0.3 is 5.63 Å². The van der Waals surface area contributed by atoms with Gasteiger partial charge in [-0.25, -0.2) is 13.2 Å². The van der Waals surface area contributed by atoms with Crippen LogP contribution < -0.4 is 16.3 Å². The standard InChI is InChI=1S/C24H33N5O7S/c1-16-17(25-20(30)15-28-10-12-35-13-11-28)5-6-18-21(16)23(32)36-24(26-18)27-19(7-14-37(2,33)34)22(31)29-8-3-4-9-29/h5-6,19H,3-4,7-15H2,1-2H3,(H,25,30)(H,26,27). The number of morpholine rings is 1. The van der Waals surface area contributed by atoms with E-state index in [1.54, 1.807) is 24.0 Å². The van der Waals surface area contributed by atoms with Gasteiger partial charge in [0.05, 0.1) is 36.4 Å². The molecule has 0 spiro atoms. The molecule has 1 aromatic carbocycles. The lowest BCUT2D eigenvalue weighted by atomic mass is 10.1. The Hall–Kier alpha value is -3.03. The summed E-state index contributed by atoms with van der Waals surface area (Å²) >= 11 is 0. The number of likely N-dealkylation sites (tertiary alicyclic amines) is 1. The van der Waals surface area contributed by atoms with Crippen molar-refractivity contribution in [3.8, 4) is 0 Å². The molecule has 37 heavy (non-hydrogen) atoms. The highest BCUT2D eigenvalue weighted by Gasteiger charge is 2.28. The zero-order valence-electron chi connectivity index (χ0n) is 21.1. The summed E-state index contributed by atoms with van der Waals surface area (Å²) in [4.78, 5) is 46.5. The molecule has 0 saturated carbocycles. The zero-order valence-corrected chi connectivity index (χ0v) is 21.9. The van der Waals surface area contributed by atoms with Gasteiger partial charge in [-0.3, -0.25) is 14.5 Å². The van der Waals surface area contributed by atoms with E-state index in [9.17, 15) is 22.8 Å². The maximum atomic E-state index is 13.0. The summed E-state index contributed by atoms with van der Waals surface area (Å²) < 4.78 is 34.2. The average Bonchev–Trinajstić information content (AvgIpc) is 3.38. The van der Waals surface area contributed by atoms with Crippen molar-refractivity contribution in [2.45, 2.75) is 32.2 Å². The van der Waals surface area contributed by atoms with E-state index in [1.165, 1.54) is 0 Å². The summed E-state index contributed by atoms with van der Waals surface area (Å²) in [5, 5.41) is 5.92. The lowest BCUT2D eigenvalue weighted by Crippen LogP contribution is -2.42. The average molecular weight is 536 g/mol. The molecule has 4 rings (SSSR count). The third kappa shape index (κ3) is 7.05. The summed E-state index contributed by atoms with van der Waals surface area (Å²) in [5.74, 6) is -0.649. The minimum absolute atomic E-state index is 0.0186. The molecule has 2 fully saturated rings. The summed E-state index contributed by atoms with van der Waals surface area (Å²) in [6.07, 6.45) is 2.90. The van der Waals surface area contributed by atoms with E-state index in [2.05, 4.69) is 15.6 Å². The van der Waals surface area contributed by atoms with E-state index in [0.29, 0.717) is 56.2 Å². The highest BCUT2D eigenvalue weighted by atomic mass is 32.2. The molecular formula is C24H33N5O7S. The van der Waals surface area contributed by atoms with Gasteiger partial charge in [0.2, 0.25) is 11.8 Å². The first-order chi connectivity index (χ1) is 17.6. The molecule has 2 saturated heterocycles. The molecule has 3 heterocycles. The largest absolute Gasteiger partial charge is 0.389 e. The van der Waals surface area contributed by atoms with Crippen LogP contribution in [0.25, 0.3) is 10.9 Å². The van der Waals surface area contributed by atoms with Gasteiger partial charge in [-0.05, 0) is 43.9 Å². The Morgan fingerprint density at radius 1 is 1.14 bits per heavy atom. The van der Waals surface area contributed by atoms with Crippen LogP contribution in [0.4, 0.5) is 11.7 Å². The molecule has 0 radical (unpaired) electrons. The Balaban J connectivity index is 1.53. The molecule has 12 nitrogen and oxygen atoms in total. The van der Waals surface area contributed by atoms with Gasteiger partial charge in [-0.15, -0.1) is 0 Å². The van der Waals surface area contributed by atoms with Crippen LogP contribution >= 0.6 is 0 Å². The minimum Gasteiger partial charge on any atom is -0.389 e. The second kappa shape index (κ2) is 11.6. The molecule has 1 atom stereocenters. The fourth-order valence-corrected chi connectivity index (χ4v) is 5.23. The first-order valence-corrected chi connectivity index (χ1v) is 14.4. The van der Waals surface area contributed by atoms with E-state index >= 15 is 0 Å². The van der Waals surface area contributed by atoms with Crippen molar-refractivity contribution in [2.24, 2.45) is 0 Å². The molecular weight excluding hydrogens is 502 g/mol. The Morgan fingerprint density at radius 2 is 1.84 bits per heavy atom. The molecule has 2 aliphatic heterocycles. The van der Waals surface area contributed by atoms with Crippen LogP contribution in [0.2, 0.25) is 0 Å². The van der Waals surface area contributed by atoms with Crippen molar-refractivity contribution in [1.82, 2.24) is 14.8 Å². The third-order valence-corrected chi connectivity index (χ3v) is 7.57. The van der Waals surface area contributed by atoms with Crippen LogP contribution in [0.1, 0.15) is 24.8 Å². The van der Waals surface area contributed by atoms with Gasteiger partial charge in [-0.2, -0.15) is 4.98 Å². The summed E-state index contributed by atoms with van der Waals surface area (Å²) in [7, 11) is -3.31. The number of aromatic nitrogens is 1. The molecule has 13 heteroatoms. The molecule has 1 unspecified atom stereocenters. The van der Waals surface area contributed by atoms with Gasteiger partial charge < -0.3 is 24.7 Å². The number of nitrogens with one attached hydrogen (secondary N) is 2. The van der Waals surface area contributed by atoms with Crippen molar-refractivity contribution < 1.29 is 27.2 Å². The van der Waals surface area contributed by atoms with Crippen molar-refractivity contribution in [3.05, 3.63) is 28.1 Å². The van der Waals surface area contributed by atoms with Gasteiger partial charge in [-0.1, -0.05) is 0 Å². The predicted molar refractivity (Wildman–Crippen MR) is 138 cm³/mol. The number of carbonyl (C=O) groups excluding carboxylic acids is 2. The Kier molecular flexibility index (Phi) is 8.45. The normalized spacial score (nSPS) is 17.6. The van der Waals surface area contributed by atoms with E-state index < -0.39 is 21.5 Å². The van der Waals surface area contributed by atoms with Crippen molar-refractivity contribution >= 4 is 44.3 Å². The topological polar surface area (TPSA) is 151 Å². The van der Waals surface area contributed by atoms with E-state index in [0.717, 1.165) is 19.1 Å². The van der Waals surface area contributed by atoms with Crippen LogP contribution in [0.15, 0.2) is 21.3 Å². The number of fused-ring (bicyclic) bond motifs is 1. The van der Waals surface area contributed by atoms with Crippen LogP contribution in [0.5, 0.6) is 0 Å². The Bertz CT molecular complexity index is 1310. The van der Waals surface area contributed by atoms with E-state index in [1.807, 2.05) is 4.90 Å². The van der Waals surface area contributed by atoms with E-state index in [4.69, 9.17) is 9.15 Å². The SMILES string of the molecule is Cc1c(NC(=O)CN2CCOCC2)ccc2nc(NC(CCS(C)(=O)=O)C(=O)N3CCCC3)oc(=O)c12. The molecule has 202 valence electrons.